The molecule has 0 heterocycles. The summed E-state index contributed by atoms with van der Waals surface area (Å²) in [4.78, 5) is 10.5. The van der Waals surface area contributed by atoms with Gasteiger partial charge < -0.3 is 4.74 Å². The summed E-state index contributed by atoms with van der Waals surface area (Å²) in [5.41, 5.74) is 1.71. The Morgan fingerprint density at radius 1 is 1.39 bits per heavy atom. The molecule has 1 aromatic carbocycles. The summed E-state index contributed by atoms with van der Waals surface area (Å²) in [5.74, 6) is 1.02. The Morgan fingerprint density at radius 2 is 2.06 bits per heavy atom. The molecule has 1 aromatic rings. The summed E-state index contributed by atoms with van der Waals surface area (Å²) in [5, 5.41) is 11.7. The maximum atomic E-state index is 10.9. The first kappa shape index (κ1) is 15.0. The molecule has 0 amide bonds. The highest BCUT2D eigenvalue weighted by Gasteiger charge is 2.15. The zero-order valence-corrected chi connectivity index (χ0v) is 12.5. The quantitative estimate of drug-likeness (QED) is 0.452. The van der Waals surface area contributed by atoms with Gasteiger partial charge in [0, 0.05) is 16.8 Å². The van der Waals surface area contributed by atoms with Crippen molar-refractivity contribution in [1.29, 1.82) is 0 Å². The van der Waals surface area contributed by atoms with Crippen LogP contribution in [0.1, 0.15) is 24.5 Å². The van der Waals surface area contributed by atoms with Gasteiger partial charge in [-0.05, 0) is 31.9 Å². The number of benzene rings is 1. The number of nitro groups is 1. The normalized spacial score (nSPS) is 12.2. The number of halogens is 1. The third-order valence-corrected chi connectivity index (χ3v) is 3.88. The van der Waals surface area contributed by atoms with Crippen LogP contribution in [-0.2, 0) is 0 Å². The van der Waals surface area contributed by atoms with Crippen LogP contribution in [0.15, 0.2) is 12.1 Å². The third-order valence-electron chi connectivity index (χ3n) is 2.96. The van der Waals surface area contributed by atoms with Crippen LogP contribution in [0.4, 0.5) is 5.69 Å². The van der Waals surface area contributed by atoms with E-state index in [9.17, 15) is 10.1 Å². The van der Waals surface area contributed by atoms with Gasteiger partial charge in [0.2, 0.25) is 0 Å². The van der Waals surface area contributed by atoms with Crippen molar-refractivity contribution < 1.29 is 9.66 Å². The Kier molecular flexibility index (Phi) is 5.59. The van der Waals surface area contributed by atoms with Crippen LogP contribution in [-0.4, -0.2) is 16.9 Å². The van der Waals surface area contributed by atoms with E-state index in [1.54, 1.807) is 13.0 Å². The zero-order valence-electron chi connectivity index (χ0n) is 10.9. The Bertz CT molecular complexity index is 430. The van der Waals surface area contributed by atoms with E-state index in [0.717, 1.165) is 17.3 Å². The number of nitro benzene ring substituents is 1. The molecule has 0 radical (unpaired) electrons. The predicted molar refractivity (Wildman–Crippen MR) is 75.6 cm³/mol. The van der Waals surface area contributed by atoms with Gasteiger partial charge in [0.15, 0.2) is 0 Å². The molecule has 0 fully saturated rings. The van der Waals surface area contributed by atoms with Crippen LogP contribution in [0.5, 0.6) is 5.75 Å². The Balaban J connectivity index is 2.88. The van der Waals surface area contributed by atoms with Gasteiger partial charge in [0.25, 0.3) is 5.69 Å². The summed E-state index contributed by atoms with van der Waals surface area (Å²) in [6.07, 6.45) is 1.01. The average Bonchev–Trinajstić information content (AvgIpc) is 2.32. The van der Waals surface area contributed by atoms with Gasteiger partial charge >= 0.3 is 0 Å². The monoisotopic (exact) mass is 315 g/mol. The molecule has 0 aromatic heterocycles. The number of rotatable bonds is 6. The summed E-state index contributed by atoms with van der Waals surface area (Å²) < 4.78 is 5.69. The summed E-state index contributed by atoms with van der Waals surface area (Å²) >= 11 is 3.43. The average molecular weight is 316 g/mol. The number of hydrogen-bond acceptors (Lipinski definition) is 3. The van der Waals surface area contributed by atoms with Gasteiger partial charge in [-0.25, -0.2) is 0 Å². The van der Waals surface area contributed by atoms with Crippen LogP contribution in [0.25, 0.3) is 0 Å². The minimum Gasteiger partial charge on any atom is -0.493 e. The molecule has 0 spiro atoms. The van der Waals surface area contributed by atoms with Crippen LogP contribution < -0.4 is 4.74 Å². The van der Waals surface area contributed by atoms with Crippen LogP contribution >= 0.6 is 15.9 Å². The second kappa shape index (κ2) is 6.73. The van der Waals surface area contributed by atoms with Crippen LogP contribution in [0.2, 0.25) is 0 Å². The van der Waals surface area contributed by atoms with Gasteiger partial charge in [0.1, 0.15) is 5.75 Å². The molecule has 1 rings (SSSR count). The molecule has 100 valence electrons. The Morgan fingerprint density at radius 3 is 2.56 bits per heavy atom. The molecule has 18 heavy (non-hydrogen) atoms. The second-order valence-electron chi connectivity index (χ2n) is 4.40. The zero-order chi connectivity index (χ0) is 13.7. The van der Waals surface area contributed by atoms with Crippen molar-refractivity contribution >= 4 is 21.6 Å². The lowest BCUT2D eigenvalue weighted by molar-refractivity contribution is -0.385. The van der Waals surface area contributed by atoms with Crippen molar-refractivity contribution in [2.45, 2.75) is 27.2 Å². The highest BCUT2D eigenvalue weighted by atomic mass is 79.9. The van der Waals surface area contributed by atoms with E-state index in [1.165, 1.54) is 6.07 Å². The molecule has 0 aliphatic heterocycles. The second-order valence-corrected chi connectivity index (χ2v) is 5.05. The highest BCUT2D eigenvalue weighted by molar-refractivity contribution is 9.09. The van der Waals surface area contributed by atoms with Crippen LogP contribution in [0, 0.1) is 29.9 Å². The van der Waals surface area contributed by atoms with E-state index >= 15 is 0 Å². The largest absolute Gasteiger partial charge is 0.493 e. The lowest BCUT2D eigenvalue weighted by Gasteiger charge is -2.15. The Labute approximate surface area is 116 Å². The van der Waals surface area contributed by atoms with Gasteiger partial charge in [-0.3, -0.25) is 10.1 Å². The molecule has 0 saturated carbocycles. The fourth-order valence-corrected chi connectivity index (χ4v) is 2.30. The molecule has 4 nitrogen and oxygen atoms in total. The summed E-state index contributed by atoms with van der Waals surface area (Å²) in [7, 11) is 0. The molecule has 1 unspecified atom stereocenters. The number of hydrogen-bond donors (Lipinski definition) is 0. The van der Waals surface area contributed by atoms with Crippen molar-refractivity contribution in [3.8, 4) is 5.75 Å². The molecule has 0 aliphatic carbocycles. The third kappa shape index (κ3) is 3.70. The SMILES string of the molecule is CCC(CBr)COc1cc([N+](=O)[O-])c(C)cc1C. The first-order valence-corrected chi connectivity index (χ1v) is 7.06. The number of nitrogens with zero attached hydrogens (tertiary/aromatic N) is 1. The van der Waals surface area contributed by atoms with E-state index < -0.39 is 0 Å². The molecule has 5 heteroatoms. The van der Waals surface area contributed by atoms with Gasteiger partial charge in [-0.2, -0.15) is 0 Å². The summed E-state index contributed by atoms with van der Waals surface area (Å²) in [6.45, 7) is 6.31. The molecule has 0 aliphatic rings. The van der Waals surface area contributed by atoms with E-state index in [0.29, 0.717) is 23.8 Å². The van der Waals surface area contributed by atoms with Crippen molar-refractivity contribution in [1.82, 2.24) is 0 Å². The molecular weight excluding hydrogens is 298 g/mol. The topological polar surface area (TPSA) is 52.4 Å². The molecule has 0 N–H and O–H groups in total. The Hall–Kier alpha value is -1.10. The van der Waals surface area contributed by atoms with Crippen molar-refractivity contribution in [3.05, 3.63) is 33.4 Å². The number of aryl methyl sites for hydroxylation is 2. The minimum atomic E-state index is -0.372. The van der Waals surface area contributed by atoms with Crippen molar-refractivity contribution in [2.24, 2.45) is 5.92 Å². The number of alkyl halides is 1. The number of ether oxygens (including phenoxy) is 1. The fourth-order valence-electron chi connectivity index (χ4n) is 1.65. The fraction of sp³-hybridized carbons (Fsp3) is 0.538. The van der Waals surface area contributed by atoms with Crippen LogP contribution in [0.3, 0.4) is 0 Å². The maximum absolute atomic E-state index is 10.9. The summed E-state index contributed by atoms with van der Waals surface area (Å²) in [6, 6.07) is 3.31. The highest BCUT2D eigenvalue weighted by Crippen LogP contribution is 2.28. The minimum absolute atomic E-state index is 0.113. The first-order valence-electron chi connectivity index (χ1n) is 5.94. The van der Waals surface area contributed by atoms with E-state index in [-0.39, 0.29) is 10.6 Å². The lowest BCUT2D eigenvalue weighted by Crippen LogP contribution is -2.13. The molecular formula is C13H18BrNO3. The van der Waals surface area contributed by atoms with Gasteiger partial charge in [-0.1, -0.05) is 22.9 Å². The molecule has 1 atom stereocenters. The van der Waals surface area contributed by atoms with Crippen molar-refractivity contribution in [3.63, 3.8) is 0 Å². The van der Waals surface area contributed by atoms with Crippen molar-refractivity contribution in [2.75, 3.05) is 11.9 Å². The van der Waals surface area contributed by atoms with Gasteiger partial charge in [0.05, 0.1) is 17.6 Å². The van der Waals surface area contributed by atoms with Gasteiger partial charge in [-0.15, -0.1) is 0 Å². The van der Waals surface area contributed by atoms with E-state index in [2.05, 4.69) is 22.9 Å². The first-order chi connectivity index (χ1) is 8.49. The predicted octanol–water partition coefficient (Wildman–Crippen LogP) is 4.01. The van der Waals surface area contributed by atoms with E-state index in [4.69, 9.17) is 4.74 Å². The smallest absolute Gasteiger partial charge is 0.276 e. The van der Waals surface area contributed by atoms with E-state index in [1.807, 2.05) is 6.92 Å². The maximum Gasteiger partial charge on any atom is 0.276 e. The standard InChI is InChI=1S/C13H18BrNO3/c1-4-11(7-14)8-18-13-6-12(15(16)17)9(2)5-10(13)3/h5-6,11H,4,7-8H2,1-3H3. The molecule has 0 bridgehead atoms. The molecule has 0 saturated heterocycles. The lowest BCUT2D eigenvalue weighted by atomic mass is 10.1.